The maximum atomic E-state index is 12.4. The van der Waals surface area contributed by atoms with Gasteiger partial charge in [0, 0.05) is 37.6 Å². The second-order valence-corrected chi connectivity index (χ2v) is 7.14. The van der Waals surface area contributed by atoms with Crippen LogP contribution in [0.1, 0.15) is 10.5 Å². The first-order valence-corrected chi connectivity index (χ1v) is 9.20. The number of carbonyl (C=O) groups is 1. The summed E-state index contributed by atoms with van der Waals surface area (Å²) in [6, 6.07) is 9.61. The molecule has 26 heavy (non-hydrogen) atoms. The lowest BCUT2D eigenvalue weighted by Crippen LogP contribution is -2.21. The maximum Gasteiger partial charge on any atom is 0.269 e. The van der Waals surface area contributed by atoms with Crippen LogP contribution in [-0.4, -0.2) is 36.1 Å². The quantitative estimate of drug-likeness (QED) is 0.713. The molecule has 0 spiro atoms. The predicted octanol–water partition coefficient (Wildman–Crippen LogP) is 1.16. The van der Waals surface area contributed by atoms with Gasteiger partial charge < -0.3 is 5.32 Å². The summed E-state index contributed by atoms with van der Waals surface area (Å²) < 4.78 is 24.4. The highest BCUT2D eigenvalue weighted by Crippen LogP contribution is 2.34. The molecule has 0 fully saturated rings. The molecule has 1 amide bonds. The van der Waals surface area contributed by atoms with Crippen molar-refractivity contribution in [2.75, 3.05) is 7.05 Å². The fraction of sp³-hybridized carbons (Fsp3) is 0.118. The first-order valence-electron chi connectivity index (χ1n) is 7.65. The van der Waals surface area contributed by atoms with Crippen molar-refractivity contribution in [3.05, 3.63) is 54.5 Å². The number of carbonyl (C=O) groups excluding carboxylic acids is 1. The van der Waals surface area contributed by atoms with E-state index in [0.717, 1.165) is 5.56 Å². The van der Waals surface area contributed by atoms with Crippen LogP contribution >= 0.6 is 0 Å². The van der Waals surface area contributed by atoms with Gasteiger partial charge in [0.1, 0.15) is 11.4 Å². The molecule has 9 heteroatoms. The molecule has 3 rings (SSSR count). The van der Waals surface area contributed by atoms with Crippen molar-refractivity contribution in [1.29, 1.82) is 0 Å². The molecule has 0 aliphatic carbocycles. The summed E-state index contributed by atoms with van der Waals surface area (Å²) >= 11 is 0. The van der Waals surface area contributed by atoms with E-state index in [1.54, 1.807) is 50.8 Å². The Balaban J connectivity index is 2.24. The molecule has 0 atom stereocenters. The molecule has 0 bridgehead atoms. The lowest BCUT2D eigenvalue weighted by atomic mass is 9.99. The molecule has 0 unspecified atom stereocenters. The van der Waals surface area contributed by atoms with Crippen molar-refractivity contribution in [3.8, 4) is 22.4 Å². The van der Waals surface area contributed by atoms with Gasteiger partial charge in [-0.2, -0.15) is 5.10 Å². The fourth-order valence-corrected chi connectivity index (χ4v) is 3.21. The molecule has 0 aliphatic heterocycles. The standard InChI is InChI=1S/C17H17N5O3S/c1-19-17(23)16-14(11-7-9-20-10-8-11)15(21-22(16)2)12-3-5-13(6-4-12)26(18,24)25/h3-10H,1-2H3,(H,19,23)(H2,18,24,25). The lowest BCUT2D eigenvalue weighted by molar-refractivity contribution is 0.0954. The Bertz CT molecular complexity index is 1060. The number of aryl methyl sites for hydroxylation is 1. The minimum absolute atomic E-state index is 0.00849. The number of pyridine rings is 1. The number of aromatic nitrogens is 3. The molecular formula is C17H17N5O3S. The van der Waals surface area contributed by atoms with Gasteiger partial charge in [0.15, 0.2) is 0 Å². The largest absolute Gasteiger partial charge is 0.354 e. The zero-order chi connectivity index (χ0) is 18.9. The highest BCUT2D eigenvalue weighted by atomic mass is 32.2. The van der Waals surface area contributed by atoms with Crippen LogP contribution in [0.25, 0.3) is 22.4 Å². The molecule has 0 aliphatic rings. The Kier molecular flexibility index (Phi) is 4.58. The lowest BCUT2D eigenvalue weighted by Gasteiger charge is -2.07. The summed E-state index contributed by atoms with van der Waals surface area (Å²) in [5.41, 5.74) is 3.02. The highest BCUT2D eigenvalue weighted by molar-refractivity contribution is 7.89. The third kappa shape index (κ3) is 3.22. The second kappa shape index (κ2) is 6.70. The highest BCUT2D eigenvalue weighted by Gasteiger charge is 2.23. The average Bonchev–Trinajstić information content (AvgIpc) is 2.98. The number of rotatable bonds is 4. The summed E-state index contributed by atoms with van der Waals surface area (Å²) in [4.78, 5) is 16.4. The topological polar surface area (TPSA) is 120 Å². The van der Waals surface area contributed by atoms with Crippen molar-refractivity contribution in [2.24, 2.45) is 12.2 Å². The van der Waals surface area contributed by atoms with E-state index in [0.29, 0.717) is 22.5 Å². The Morgan fingerprint density at radius 1 is 1.08 bits per heavy atom. The molecule has 1 aromatic carbocycles. The van der Waals surface area contributed by atoms with E-state index < -0.39 is 10.0 Å². The fourth-order valence-electron chi connectivity index (χ4n) is 2.70. The number of amides is 1. The van der Waals surface area contributed by atoms with Gasteiger partial charge in [-0.1, -0.05) is 12.1 Å². The van der Waals surface area contributed by atoms with Crippen molar-refractivity contribution >= 4 is 15.9 Å². The van der Waals surface area contributed by atoms with Gasteiger partial charge in [-0.3, -0.25) is 14.5 Å². The number of benzene rings is 1. The van der Waals surface area contributed by atoms with Crippen molar-refractivity contribution in [2.45, 2.75) is 4.90 Å². The van der Waals surface area contributed by atoms with Gasteiger partial charge in [0.05, 0.1) is 4.90 Å². The van der Waals surface area contributed by atoms with Gasteiger partial charge in [0.25, 0.3) is 5.91 Å². The normalized spacial score (nSPS) is 11.3. The Labute approximate surface area is 150 Å². The molecule has 0 saturated carbocycles. The number of nitrogens with one attached hydrogen (secondary N) is 1. The number of hydrogen-bond acceptors (Lipinski definition) is 5. The van der Waals surface area contributed by atoms with Crippen LogP contribution in [0, 0.1) is 0 Å². The monoisotopic (exact) mass is 371 g/mol. The molecule has 3 aromatic rings. The summed E-state index contributed by atoms with van der Waals surface area (Å²) in [5.74, 6) is -0.279. The number of hydrogen-bond donors (Lipinski definition) is 2. The molecule has 134 valence electrons. The maximum absolute atomic E-state index is 12.4. The number of nitrogens with zero attached hydrogens (tertiary/aromatic N) is 3. The summed E-state index contributed by atoms with van der Waals surface area (Å²) in [6.45, 7) is 0. The summed E-state index contributed by atoms with van der Waals surface area (Å²) in [5, 5.41) is 12.2. The minimum atomic E-state index is -3.78. The van der Waals surface area contributed by atoms with Crippen LogP contribution in [0.5, 0.6) is 0 Å². The Morgan fingerprint density at radius 3 is 2.23 bits per heavy atom. The van der Waals surface area contributed by atoms with Gasteiger partial charge in [-0.25, -0.2) is 13.6 Å². The van der Waals surface area contributed by atoms with Crippen LogP contribution in [-0.2, 0) is 17.1 Å². The molecular weight excluding hydrogens is 354 g/mol. The second-order valence-electron chi connectivity index (χ2n) is 5.58. The summed E-state index contributed by atoms with van der Waals surface area (Å²) in [7, 11) is -0.556. The minimum Gasteiger partial charge on any atom is -0.354 e. The molecule has 0 radical (unpaired) electrons. The number of nitrogens with two attached hydrogens (primary N) is 1. The van der Waals surface area contributed by atoms with E-state index in [1.165, 1.54) is 16.8 Å². The zero-order valence-corrected chi connectivity index (χ0v) is 15.0. The molecule has 2 aromatic heterocycles. The molecule has 2 heterocycles. The first kappa shape index (κ1) is 17.8. The van der Waals surface area contributed by atoms with Crippen LogP contribution < -0.4 is 10.5 Å². The number of sulfonamides is 1. The van der Waals surface area contributed by atoms with Crippen LogP contribution in [0.4, 0.5) is 0 Å². The SMILES string of the molecule is CNC(=O)c1c(-c2ccncc2)c(-c2ccc(S(N)(=O)=O)cc2)nn1C. The molecule has 0 saturated heterocycles. The van der Waals surface area contributed by atoms with E-state index in [1.807, 2.05) is 0 Å². The van der Waals surface area contributed by atoms with Crippen LogP contribution in [0.15, 0.2) is 53.7 Å². The zero-order valence-electron chi connectivity index (χ0n) is 14.2. The van der Waals surface area contributed by atoms with E-state index in [2.05, 4.69) is 15.4 Å². The van der Waals surface area contributed by atoms with Gasteiger partial charge in [-0.15, -0.1) is 0 Å². The third-order valence-corrected chi connectivity index (χ3v) is 4.84. The van der Waals surface area contributed by atoms with Crippen molar-refractivity contribution in [1.82, 2.24) is 20.1 Å². The Morgan fingerprint density at radius 2 is 1.69 bits per heavy atom. The van der Waals surface area contributed by atoms with Crippen LogP contribution in [0.3, 0.4) is 0 Å². The molecule has 8 nitrogen and oxygen atoms in total. The third-order valence-electron chi connectivity index (χ3n) is 3.91. The van der Waals surface area contributed by atoms with Gasteiger partial charge in [0.2, 0.25) is 10.0 Å². The van der Waals surface area contributed by atoms with Crippen molar-refractivity contribution in [3.63, 3.8) is 0 Å². The predicted molar refractivity (Wildman–Crippen MR) is 96.6 cm³/mol. The Hall–Kier alpha value is -3.04. The smallest absolute Gasteiger partial charge is 0.269 e. The average molecular weight is 371 g/mol. The summed E-state index contributed by atoms with van der Waals surface area (Å²) in [6.07, 6.45) is 3.26. The van der Waals surface area contributed by atoms with Crippen LogP contribution in [0.2, 0.25) is 0 Å². The van der Waals surface area contributed by atoms with Gasteiger partial charge in [-0.05, 0) is 29.8 Å². The van der Waals surface area contributed by atoms with E-state index >= 15 is 0 Å². The van der Waals surface area contributed by atoms with Crippen molar-refractivity contribution < 1.29 is 13.2 Å². The van der Waals surface area contributed by atoms with E-state index in [9.17, 15) is 13.2 Å². The molecule has 3 N–H and O–H groups in total. The first-order chi connectivity index (χ1) is 12.3. The number of primary sulfonamides is 1. The van der Waals surface area contributed by atoms with E-state index in [4.69, 9.17) is 5.14 Å². The van der Waals surface area contributed by atoms with Gasteiger partial charge >= 0.3 is 0 Å². The van der Waals surface area contributed by atoms with E-state index in [-0.39, 0.29) is 10.8 Å².